The van der Waals surface area contributed by atoms with Gasteiger partial charge in [-0.05, 0) is 54.7 Å². The van der Waals surface area contributed by atoms with Gasteiger partial charge in [0.05, 0.1) is 18.7 Å². The van der Waals surface area contributed by atoms with Gasteiger partial charge in [-0.25, -0.2) is 4.79 Å². The quantitative estimate of drug-likeness (QED) is 0.786. The zero-order valence-corrected chi connectivity index (χ0v) is 15.6. The predicted molar refractivity (Wildman–Crippen MR) is 104 cm³/mol. The van der Waals surface area contributed by atoms with Crippen molar-refractivity contribution >= 4 is 5.97 Å². The van der Waals surface area contributed by atoms with E-state index in [1.165, 1.54) is 18.4 Å². The van der Waals surface area contributed by atoms with E-state index >= 15 is 0 Å². The second-order valence-corrected chi connectivity index (χ2v) is 7.47. The van der Waals surface area contributed by atoms with Gasteiger partial charge in [-0.2, -0.15) is 0 Å². The molecule has 1 saturated carbocycles. The molecule has 2 fully saturated rings. The molecule has 0 aromatic heterocycles. The van der Waals surface area contributed by atoms with Crippen molar-refractivity contribution in [3.8, 4) is 5.75 Å². The third-order valence-corrected chi connectivity index (χ3v) is 5.66. The zero-order chi connectivity index (χ0) is 18.8. The van der Waals surface area contributed by atoms with Gasteiger partial charge in [0.15, 0.2) is 0 Å². The van der Waals surface area contributed by atoms with Gasteiger partial charge >= 0.3 is 5.97 Å². The summed E-state index contributed by atoms with van der Waals surface area (Å²) in [6, 6.07) is 17.0. The Morgan fingerprint density at radius 2 is 1.96 bits per heavy atom. The molecule has 2 N–H and O–H groups in total. The third-order valence-electron chi connectivity index (χ3n) is 5.66. The van der Waals surface area contributed by atoms with E-state index in [9.17, 15) is 4.79 Å². The minimum absolute atomic E-state index is 0.328. The lowest BCUT2D eigenvalue weighted by Crippen LogP contribution is -2.36. The zero-order valence-electron chi connectivity index (χ0n) is 15.6. The second kappa shape index (κ2) is 7.71. The number of carboxylic acid groups (broad SMARTS) is 1. The summed E-state index contributed by atoms with van der Waals surface area (Å²) in [5.74, 6) is 0.0154. The molecule has 5 nitrogen and oxygen atoms in total. The van der Waals surface area contributed by atoms with Crippen LogP contribution in [0.3, 0.4) is 0 Å². The minimum atomic E-state index is -0.886. The van der Waals surface area contributed by atoms with Gasteiger partial charge < -0.3 is 15.2 Å². The van der Waals surface area contributed by atoms with Crippen molar-refractivity contribution in [3.05, 3.63) is 65.2 Å². The second-order valence-electron chi connectivity index (χ2n) is 7.47. The van der Waals surface area contributed by atoms with Crippen LogP contribution in [0.5, 0.6) is 5.75 Å². The molecule has 142 valence electrons. The van der Waals surface area contributed by atoms with Crippen LogP contribution in [0.15, 0.2) is 48.5 Å². The summed E-state index contributed by atoms with van der Waals surface area (Å²) < 4.78 is 5.43. The topological polar surface area (TPSA) is 61.8 Å². The Hall–Kier alpha value is -2.37. The fourth-order valence-corrected chi connectivity index (χ4v) is 4.11. The predicted octanol–water partition coefficient (Wildman–Crippen LogP) is 3.46. The van der Waals surface area contributed by atoms with Crippen molar-refractivity contribution in [1.82, 2.24) is 10.2 Å². The van der Waals surface area contributed by atoms with E-state index in [2.05, 4.69) is 28.4 Å². The molecule has 2 aliphatic rings. The van der Waals surface area contributed by atoms with Gasteiger partial charge in [-0.1, -0.05) is 24.3 Å². The van der Waals surface area contributed by atoms with Gasteiger partial charge in [0, 0.05) is 25.2 Å². The first-order valence-corrected chi connectivity index (χ1v) is 9.61. The first-order chi connectivity index (χ1) is 13.2. The highest BCUT2D eigenvalue weighted by Gasteiger charge is 2.42. The first-order valence-electron chi connectivity index (χ1n) is 9.61. The Morgan fingerprint density at radius 3 is 2.63 bits per heavy atom. The molecule has 0 amide bonds. The molecule has 27 heavy (non-hydrogen) atoms. The van der Waals surface area contributed by atoms with E-state index in [1.54, 1.807) is 19.2 Å². The van der Waals surface area contributed by atoms with Crippen molar-refractivity contribution in [2.45, 2.75) is 43.9 Å². The number of hydrogen-bond acceptors (Lipinski definition) is 4. The number of rotatable bonds is 7. The molecule has 0 spiro atoms. The molecule has 2 unspecified atom stereocenters. The molecule has 1 aliphatic heterocycles. The van der Waals surface area contributed by atoms with Crippen molar-refractivity contribution in [2.24, 2.45) is 0 Å². The van der Waals surface area contributed by atoms with Crippen LogP contribution in [0.4, 0.5) is 0 Å². The van der Waals surface area contributed by atoms with Crippen LogP contribution in [-0.4, -0.2) is 41.7 Å². The molecule has 4 rings (SSSR count). The Balaban J connectivity index is 1.49. The van der Waals surface area contributed by atoms with E-state index < -0.39 is 5.97 Å². The van der Waals surface area contributed by atoms with Crippen LogP contribution in [0, 0.1) is 0 Å². The summed E-state index contributed by atoms with van der Waals surface area (Å²) in [4.78, 5) is 13.6. The van der Waals surface area contributed by atoms with Crippen molar-refractivity contribution in [1.29, 1.82) is 0 Å². The van der Waals surface area contributed by atoms with E-state index in [0.29, 0.717) is 23.7 Å². The SMILES string of the molecule is COc1cccc(C2C(NCc3ccc(C(=O)O)cc3)CCN2C2CC2)c1. The Morgan fingerprint density at radius 1 is 1.19 bits per heavy atom. The molecule has 1 aliphatic carbocycles. The van der Waals surface area contributed by atoms with E-state index in [-0.39, 0.29) is 0 Å². The summed E-state index contributed by atoms with van der Waals surface area (Å²) >= 11 is 0. The van der Waals surface area contributed by atoms with E-state index in [4.69, 9.17) is 9.84 Å². The standard InChI is InChI=1S/C22H26N2O3/c1-27-19-4-2-3-17(13-19)21-20(11-12-24(21)18-9-10-18)23-14-15-5-7-16(8-6-15)22(25)26/h2-8,13,18,20-21,23H,9-12,14H2,1H3,(H,25,26). The highest BCUT2D eigenvalue weighted by molar-refractivity contribution is 5.87. The molecule has 2 atom stereocenters. The summed E-state index contributed by atoms with van der Waals surface area (Å²) in [5, 5.41) is 12.8. The fraction of sp³-hybridized carbons (Fsp3) is 0.409. The molecule has 1 heterocycles. The smallest absolute Gasteiger partial charge is 0.335 e. The van der Waals surface area contributed by atoms with Gasteiger partial charge in [-0.15, -0.1) is 0 Å². The summed E-state index contributed by atoms with van der Waals surface area (Å²) in [6.45, 7) is 1.85. The average Bonchev–Trinajstić information content (AvgIpc) is 3.46. The fourth-order valence-electron chi connectivity index (χ4n) is 4.11. The third kappa shape index (κ3) is 3.99. The summed E-state index contributed by atoms with van der Waals surface area (Å²) in [7, 11) is 1.71. The number of carbonyl (C=O) groups is 1. The molecule has 1 saturated heterocycles. The summed E-state index contributed by atoms with van der Waals surface area (Å²) in [5.41, 5.74) is 2.74. The normalized spacial score (nSPS) is 22.7. The molecule has 0 bridgehead atoms. The van der Waals surface area contributed by atoms with Crippen molar-refractivity contribution < 1.29 is 14.6 Å². The molecule has 2 aromatic carbocycles. The van der Waals surface area contributed by atoms with Gasteiger partial charge in [0.25, 0.3) is 0 Å². The van der Waals surface area contributed by atoms with E-state index in [0.717, 1.165) is 30.8 Å². The monoisotopic (exact) mass is 366 g/mol. The molecule has 5 heteroatoms. The highest BCUT2D eigenvalue weighted by Crippen LogP contribution is 2.41. The largest absolute Gasteiger partial charge is 0.497 e. The molecule has 0 radical (unpaired) electrons. The lowest BCUT2D eigenvalue weighted by atomic mass is 9.99. The minimum Gasteiger partial charge on any atom is -0.497 e. The first kappa shape index (κ1) is 18.0. The number of nitrogens with zero attached hydrogens (tertiary/aromatic N) is 1. The average molecular weight is 366 g/mol. The highest BCUT2D eigenvalue weighted by atomic mass is 16.5. The van der Waals surface area contributed by atoms with E-state index in [1.807, 2.05) is 18.2 Å². The van der Waals surface area contributed by atoms with Gasteiger partial charge in [0.2, 0.25) is 0 Å². The molecule has 2 aromatic rings. The maximum Gasteiger partial charge on any atom is 0.335 e. The van der Waals surface area contributed by atoms with Crippen molar-refractivity contribution in [3.63, 3.8) is 0 Å². The number of benzene rings is 2. The number of likely N-dealkylation sites (tertiary alicyclic amines) is 1. The number of methoxy groups -OCH3 is 1. The Bertz CT molecular complexity index is 801. The van der Waals surface area contributed by atoms with Crippen LogP contribution in [0.2, 0.25) is 0 Å². The Labute approximate surface area is 160 Å². The molecular weight excluding hydrogens is 340 g/mol. The van der Waals surface area contributed by atoms with Crippen LogP contribution in [0.25, 0.3) is 0 Å². The molecular formula is C22H26N2O3. The van der Waals surface area contributed by atoms with Crippen LogP contribution in [-0.2, 0) is 6.54 Å². The van der Waals surface area contributed by atoms with Crippen LogP contribution < -0.4 is 10.1 Å². The van der Waals surface area contributed by atoms with Crippen LogP contribution in [0.1, 0.15) is 46.8 Å². The van der Waals surface area contributed by atoms with Crippen LogP contribution >= 0.6 is 0 Å². The van der Waals surface area contributed by atoms with Crippen molar-refractivity contribution in [2.75, 3.05) is 13.7 Å². The Kier molecular flexibility index (Phi) is 5.14. The number of aromatic carboxylic acids is 1. The number of carboxylic acids is 1. The van der Waals surface area contributed by atoms with Gasteiger partial charge in [0.1, 0.15) is 5.75 Å². The summed E-state index contributed by atoms with van der Waals surface area (Å²) in [6.07, 6.45) is 3.71. The maximum atomic E-state index is 11.0. The lowest BCUT2D eigenvalue weighted by molar-refractivity contribution is 0.0697. The number of hydrogen-bond donors (Lipinski definition) is 2. The van der Waals surface area contributed by atoms with Gasteiger partial charge in [-0.3, -0.25) is 4.90 Å². The number of nitrogens with one attached hydrogen (secondary N) is 1. The lowest BCUT2D eigenvalue weighted by Gasteiger charge is -2.29. The number of ether oxygens (including phenoxy) is 1. The maximum absolute atomic E-state index is 11.0.